The van der Waals surface area contributed by atoms with Gasteiger partial charge in [0.15, 0.2) is 0 Å². The molecule has 3 rings (SSSR count). The van der Waals surface area contributed by atoms with E-state index in [9.17, 15) is 9.18 Å². The van der Waals surface area contributed by atoms with Crippen LogP contribution in [0.4, 0.5) is 4.39 Å². The third-order valence-corrected chi connectivity index (χ3v) is 4.74. The molecule has 1 fully saturated rings. The summed E-state index contributed by atoms with van der Waals surface area (Å²) in [7, 11) is 0. The Morgan fingerprint density at radius 2 is 2.27 bits per heavy atom. The lowest BCUT2D eigenvalue weighted by molar-refractivity contribution is -0.135. The first-order valence-electron chi connectivity index (χ1n) is 7.10. The molecule has 1 atom stereocenters. The van der Waals surface area contributed by atoms with Crippen LogP contribution in [0, 0.1) is 5.82 Å². The summed E-state index contributed by atoms with van der Waals surface area (Å²) in [6.45, 7) is 2.54. The molecule has 1 unspecified atom stereocenters. The lowest BCUT2D eigenvalue weighted by Gasteiger charge is -2.30. The fourth-order valence-corrected chi connectivity index (χ4v) is 3.55. The molecule has 1 aliphatic heterocycles. The van der Waals surface area contributed by atoms with Crippen LogP contribution in [0.5, 0.6) is 0 Å². The highest BCUT2D eigenvalue weighted by molar-refractivity contribution is 7.15. The van der Waals surface area contributed by atoms with E-state index in [1.54, 1.807) is 17.4 Å². The van der Waals surface area contributed by atoms with Crippen molar-refractivity contribution in [3.05, 3.63) is 47.1 Å². The van der Waals surface area contributed by atoms with Gasteiger partial charge in [-0.2, -0.15) is 0 Å². The number of carbonyl (C=O) groups excluding carboxylic acids is 1. The second-order valence-electron chi connectivity index (χ2n) is 5.27. The Morgan fingerprint density at radius 3 is 3.05 bits per heavy atom. The largest absolute Gasteiger partial charge is 0.367 e. The van der Waals surface area contributed by atoms with Crippen LogP contribution in [0.1, 0.15) is 4.88 Å². The smallest absolute Gasteiger partial charge is 0.247 e. The number of nitrogens with zero attached hydrogens (tertiary/aromatic N) is 1. The van der Waals surface area contributed by atoms with Crippen molar-refractivity contribution in [3.63, 3.8) is 0 Å². The van der Waals surface area contributed by atoms with Crippen LogP contribution in [0.25, 0.3) is 10.4 Å². The zero-order valence-corrected chi connectivity index (χ0v) is 12.8. The van der Waals surface area contributed by atoms with E-state index in [2.05, 4.69) is 4.90 Å². The van der Waals surface area contributed by atoms with Gasteiger partial charge in [-0.3, -0.25) is 9.69 Å². The van der Waals surface area contributed by atoms with E-state index in [0.717, 1.165) is 23.5 Å². The van der Waals surface area contributed by atoms with Crippen molar-refractivity contribution in [2.24, 2.45) is 5.73 Å². The van der Waals surface area contributed by atoms with Gasteiger partial charge in [0.2, 0.25) is 5.91 Å². The number of amides is 1. The molecule has 1 saturated heterocycles. The van der Waals surface area contributed by atoms with Crippen molar-refractivity contribution >= 4 is 17.2 Å². The summed E-state index contributed by atoms with van der Waals surface area (Å²) < 4.78 is 18.6. The van der Waals surface area contributed by atoms with Crippen molar-refractivity contribution in [2.75, 3.05) is 19.7 Å². The first-order valence-corrected chi connectivity index (χ1v) is 7.91. The number of rotatable bonds is 4. The van der Waals surface area contributed by atoms with Gasteiger partial charge in [-0.1, -0.05) is 12.1 Å². The Balaban J connectivity index is 1.68. The highest BCUT2D eigenvalue weighted by Gasteiger charge is 2.24. The average molecular weight is 320 g/mol. The number of ether oxygens (including phenoxy) is 1. The maximum Gasteiger partial charge on any atom is 0.247 e. The molecule has 1 aliphatic rings. The summed E-state index contributed by atoms with van der Waals surface area (Å²) in [5.74, 6) is -0.652. The first kappa shape index (κ1) is 15.1. The van der Waals surface area contributed by atoms with Gasteiger partial charge in [0, 0.05) is 29.4 Å². The summed E-state index contributed by atoms with van der Waals surface area (Å²) in [5, 5.41) is 0. The van der Waals surface area contributed by atoms with Crippen molar-refractivity contribution in [1.29, 1.82) is 0 Å². The van der Waals surface area contributed by atoms with Gasteiger partial charge < -0.3 is 10.5 Å². The molecule has 2 N–H and O–H groups in total. The predicted molar refractivity (Wildman–Crippen MR) is 83.9 cm³/mol. The normalized spacial score (nSPS) is 19.2. The number of benzene rings is 1. The zero-order valence-electron chi connectivity index (χ0n) is 12.0. The van der Waals surface area contributed by atoms with E-state index in [-0.39, 0.29) is 5.82 Å². The third-order valence-electron chi connectivity index (χ3n) is 3.62. The van der Waals surface area contributed by atoms with Crippen LogP contribution < -0.4 is 5.73 Å². The van der Waals surface area contributed by atoms with Crippen LogP contribution in [0.2, 0.25) is 0 Å². The number of nitrogens with two attached hydrogens (primary N) is 1. The topological polar surface area (TPSA) is 55.6 Å². The van der Waals surface area contributed by atoms with Crippen LogP contribution in [-0.4, -0.2) is 36.6 Å². The number of carbonyl (C=O) groups is 1. The molecule has 0 aliphatic carbocycles. The van der Waals surface area contributed by atoms with Crippen molar-refractivity contribution in [1.82, 2.24) is 4.90 Å². The fourth-order valence-electron chi connectivity index (χ4n) is 2.50. The SMILES string of the molecule is NC(=O)C1CN(Cc2ccc(-c3cccc(F)c3)s2)CCO1. The fraction of sp³-hybridized carbons (Fsp3) is 0.312. The van der Waals surface area contributed by atoms with Crippen LogP contribution in [0.3, 0.4) is 0 Å². The molecule has 0 spiro atoms. The molecule has 1 aromatic carbocycles. The number of hydrogen-bond donors (Lipinski definition) is 1. The highest BCUT2D eigenvalue weighted by Crippen LogP contribution is 2.29. The van der Waals surface area contributed by atoms with Gasteiger partial charge in [0.05, 0.1) is 6.61 Å². The lowest BCUT2D eigenvalue weighted by atomic mass is 10.2. The molecule has 2 heterocycles. The molecule has 1 aromatic heterocycles. The molecule has 4 nitrogen and oxygen atoms in total. The van der Waals surface area contributed by atoms with E-state index in [1.807, 2.05) is 18.2 Å². The average Bonchev–Trinajstić information content (AvgIpc) is 2.96. The van der Waals surface area contributed by atoms with E-state index >= 15 is 0 Å². The number of hydrogen-bond acceptors (Lipinski definition) is 4. The Hall–Kier alpha value is -1.76. The molecular formula is C16H17FN2O2S. The molecule has 6 heteroatoms. The Bertz CT molecular complexity index is 674. The van der Waals surface area contributed by atoms with Gasteiger partial charge in [0.1, 0.15) is 11.9 Å². The minimum atomic E-state index is -0.531. The van der Waals surface area contributed by atoms with Crippen LogP contribution >= 0.6 is 11.3 Å². The Morgan fingerprint density at radius 1 is 1.41 bits per heavy atom. The summed E-state index contributed by atoms with van der Waals surface area (Å²) in [5.41, 5.74) is 6.18. The Labute approximate surface area is 132 Å². The minimum Gasteiger partial charge on any atom is -0.367 e. The maximum atomic E-state index is 13.3. The molecule has 1 amide bonds. The molecule has 0 radical (unpaired) electrons. The summed E-state index contributed by atoms with van der Waals surface area (Å²) in [6.07, 6.45) is -0.531. The molecule has 116 valence electrons. The highest BCUT2D eigenvalue weighted by atomic mass is 32.1. The molecule has 22 heavy (non-hydrogen) atoms. The number of primary amides is 1. The summed E-state index contributed by atoms with van der Waals surface area (Å²) in [4.78, 5) is 15.6. The molecule has 0 bridgehead atoms. The van der Waals surface area contributed by atoms with Gasteiger partial charge in [-0.05, 0) is 29.8 Å². The van der Waals surface area contributed by atoms with Gasteiger partial charge in [-0.15, -0.1) is 11.3 Å². The van der Waals surface area contributed by atoms with Crippen LogP contribution in [-0.2, 0) is 16.1 Å². The second-order valence-corrected chi connectivity index (χ2v) is 6.44. The van der Waals surface area contributed by atoms with Crippen LogP contribution in [0.15, 0.2) is 36.4 Å². The van der Waals surface area contributed by atoms with Gasteiger partial charge >= 0.3 is 0 Å². The molecule has 2 aromatic rings. The minimum absolute atomic E-state index is 0.232. The van der Waals surface area contributed by atoms with Crippen molar-refractivity contribution < 1.29 is 13.9 Å². The molecular weight excluding hydrogens is 303 g/mol. The molecule has 0 saturated carbocycles. The monoisotopic (exact) mass is 320 g/mol. The number of morpholine rings is 1. The summed E-state index contributed by atoms with van der Waals surface area (Å²) in [6, 6.07) is 10.6. The Kier molecular flexibility index (Phi) is 4.52. The predicted octanol–water partition coefficient (Wildman–Crippen LogP) is 2.24. The van der Waals surface area contributed by atoms with E-state index < -0.39 is 12.0 Å². The standard InChI is InChI=1S/C16H17FN2O2S/c17-12-3-1-2-11(8-12)15-5-4-13(22-15)9-19-6-7-21-14(10-19)16(18)20/h1-5,8,14H,6-7,9-10H2,(H2,18,20). The first-order chi connectivity index (χ1) is 10.6. The maximum absolute atomic E-state index is 13.3. The van der Waals surface area contributed by atoms with Crippen molar-refractivity contribution in [2.45, 2.75) is 12.6 Å². The quantitative estimate of drug-likeness (QED) is 0.940. The third kappa shape index (κ3) is 3.52. The lowest BCUT2D eigenvalue weighted by Crippen LogP contribution is -2.47. The van der Waals surface area contributed by atoms with Gasteiger partial charge in [0.25, 0.3) is 0 Å². The van der Waals surface area contributed by atoms with E-state index in [1.165, 1.54) is 17.0 Å². The van der Waals surface area contributed by atoms with Crippen molar-refractivity contribution in [3.8, 4) is 10.4 Å². The zero-order chi connectivity index (χ0) is 15.5. The summed E-state index contributed by atoms with van der Waals surface area (Å²) >= 11 is 1.63. The van der Waals surface area contributed by atoms with E-state index in [4.69, 9.17) is 10.5 Å². The van der Waals surface area contributed by atoms with E-state index in [0.29, 0.717) is 13.2 Å². The second kappa shape index (κ2) is 6.56. The number of halogens is 1. The number of thiophene rings is 1. The van der Waals surface area contributed by atoms with Gasteiger partial charge in [-0.25, -0.2) is 4.39 Å².